The van der Waals surface area contributed by atoms with E-state index in [4.69, 9.17) is 0 Å². The molecule has 18 heavy (non-hydrogen) atoms. The first-order valence-electron chi connectivity index (χ1n) is 8.60. The zero-order chi connectivity index (χ0) is 12.5. The van der Waals surface area contributed by atoms with Crippen molar-refractivity contribution in [2.24, 2.45) is 23.2 Å². The van der Waals surface area contributed by atoms with Gasteiger partial charge in [-0.2, -0.15) is 0 Å². The van der Waals surface area contributed by atoms with Crippen LogP contribution in [-0.2, 0) is 0 Å². The summed E-state index contributed by atoms with van der Waals surface area (Å²) in [6.45, 7) is 8.80. The molecule has 4 rings (SSSR count). The van der Waals surface area contributed by atoms with Crippen LogP contribution in [0.25, 0.3) is 0 Å². The highest BCUT2D eigenvalue weighted by Crippen LogP contribution is 2.74. The van der Waals surface area contributed by atoms with Crippen LogP contribution in [0.1, 0.15) is 65.7 Å². The number of hydrogen-bond donors (Lipinski definition) is 0. The Kier molecular flexibility index (Phi) is 2.50. The minimum atomic E-state index is 0.708. The van der Waals surface area contributed by atoms with Gasteiger partial charge in [-0.25, -0.2) is 0 Å². The van der Waals surface area contributed by atoms with Gasteiger partial charge in [-0.15, -0.1) is 0 Å². The molecular formula is C17H29B. The molecule has 1 heteroatoms. The van der Waals surface area contributed by atoms with E-state index in [1.54, 1.807) is 44.9 Å². The molecule has 2 aliphatic carbocycles. The lowest BCUT2D eigenvalue weighted by atomic mass is 9.21. The maximum atomic E-state index is 2.61. The minimum Gasteiger partial charge on any atom is -0.0626 e. The summed E-state index contributed by atoms with van der Waals surface area (Å²) >= 11 is 0. The van der Waals surface area contributed by atoms with Crippen molar-refractivity contribution in [2.75, 3.05) is 0 Å². The van der Waals surface area contributed by atoms with Crippen LogP contribution in [0, 0.1) is 23.2 Å². The average Bonchev–Trinajstić information content (AvgIpc) is 2.67. The van der Waals surface area contributed by atoms with Crippen molar-refractivity contribution in [3.05, 3.63) is 0 Å². The Morgan fingerprint density at radius 1 is 0.944 bits per heavy atom. The van der Waals surface area contributed by atoms with Crippen LogP contribution in [0.3, 0.4) is 0 Å². The fraction of sp³-hybridized carbons (Fsp3) is 1.00. The van der Waals surface area contributed by atoms with E-state index >= 15 is 0 Å². The fourth-order valence-electron chi connectivity index (χ4n) is 6.99. The molecule has 2 aliphatic heterocycles. The van der Waals surface area contributed by atoms with Gasteiger partial charge in [0.05, 0.1) is 0 Å². The molecule has 0 aromatic carbocycles. The maximum Gasteiger partial charge on any atom is 0.149 e. The third-order valence-corrected chi connectivity index (χ3v) is 7.79. The van der Waals surface area contributed by atoms with Crippen molar-refractivity contribution in [2.45, 2.75) is 83.2 Å². The third-order valence-electron chi connectivity index (χ3n) is 7.79. The Morgan fingerprint density at radius 2 is 1.50 bits per heavy atom. The van der Waals surface area contributed by atoms with Gasteiger partial charge in [-0.05, 0) is 23.2 Å². The first kappa shape index (κ1) is 11.9. The second-order valence-corrected chi connectivity index (χ2v) is 8.67. The molecule has 2 bridgehead atoms. The molecule has 0 radical (unpaired) electrons. The third kappa shape index (κ3) is 1.45. The SMILES string of the molecule is C[C@@H]1[C@H]2[C@@H](C[C@H]1B1C3CCCC1CCC3)C2(C)C. The molecule has 0 N–H and O–H groups in total. The summed E-state index contributed by atoms with van der Waals surface area (Å²) in [6, 6.07) is 0. The summed E-state index contributed by atoms with van der Waals surface area (Å²) in [5.41, 5.74) is 0.708. The standard InChI is InChI=1S/C17H29B/c1-11-15(10-14-16(11)17(14,2)3)18-12-6-4-7-13(18)9-5-8-12/h11-16H,4-10H2,1-3H3/t11-,12?,13?,14+,15+,16-/m0/s1. The molecule has 4 aliphatic rings. The van der Waals surface area contributed by atoms with Crippen LogP contribution in [0.4, 0.5) is 0 Å². The Hall–Kier alpha value is 0.0649. The molecular weight excluding hydrogens is 215 g/mol. The number of hydrogen-bond acceptors (Lipinski definition) is 0. The van der Waals surface area contributed by atoms with Gasteiger partial charge in [0.2, 0.25) is 0 Å². The molecule has 0 spiro atoms. The Labute approximate surface area is 113 Å². The Bertz CT molecular complexity index is 326. The van der Waals surface area contributed by atoms with Gasteiger partial charge < -0.3 is 0 Å². The van der Waals surface area contributed by atoms with Gasteiger partial charge in [-0.1, -0.05) is 83.2 Å². The van der Waals surface area contributed by atoms with Crippen LogP contribution in [-0.4, -0.2) is 6.71 Å². The fourth-order valence-corrected chi connectivity index (χ4v) is 6.99. The van der Waals surface area contributed by atoms with Crippen LogP contribution in [0.2, 0.25) is 17.5 Å². The molecule has 4 fully saturated rings. The van der Waals surface area contributed by atoms with Crippen molar-refractivity contribution in [3.63, 3.8) is 0 Å². The van der Waals surface area contributed by atoms with Gasteiger partial charge in [0.25, 0.3) is 0 Å². The zero-order valence-electron chi connectivity index (χ0n) is 12.5. The predicted octanol–water partition coefficient (Wildman–Crippen LogP) is 5.27. The van der Waals surface area contributed by atoms with Crippen molar-refractivity contribution < 1.29 is 0 Å². The molecule has 2 heterocycles. The van der Waals surface area contributed by atoms with Crippen LogP contribution < -0.4 is 0 Å². The molecule has 2 saturated carbocycles. The van der Waals surface area contributed by atoms with Gasteiger partial charge in [0, 0.05) is 0 Å². The summed E-state index contributed by atoms with van der Waals surface area (Å²) in [6.07, 6.45) is 11.0. The van der Waals surface area contributed by atoms with Crippen molar-refractivity contribution in [3.8, 4) is 0 Å². The lowest BCUT2D eigenvalue weighted by Crippen LogP contribution is -2.40. The minimum absolute atomic E-state index is 0.708. The molecule has 0 nitrogen and oxygen atoms in total. The quantitative estimate of drug-likeness (QED) is 0.551. The monoisotopic (exact) mass is 244 g/mol. The smallest absolute Gasteiger partial charge is 0.0626 e. The van der Waals surface area contributed by atoms with E-state index in [-0.39, 0.29) is 0 Å². The van der Waals surface area contributed by atoms with Gasteiger partial charge in [0.15, 0.2) is 0 Å². The van der Waals surface area contributed by atoms with E-state index in [9.17, 15) is 0 Å². The van der Waals surface area contributed by atoms with E-state index in [2.05, 4.69) is 20.8 Å². The highest BCUT2D eigenvalue weighted by molar-refractivity contribution is 6.64. The van der Waals surface area contributed by atoms with E-state index in [0.717, 1.165) is 41.9 Å². The van der Waals surface area contributed by atoms with Crippen molar-refractivity contribution in [1.29, 1.82) is 0 Å². The van der Waals surface area contributed by atoms with Crippen LogP contribution in [0.15, 0.2) is 0 Å². The molecule has 0 amide bonds. The molecule has 100 valence electrons. The van der Waals surface area contributed by atoms with Crippen molar-refractivity contribution in [1.82, 2.24) is 0 Å². The highest BCUT2D eigenvalue weighted by atomic mass is 14.7. The average molecular weight is 244 g/mol. The lowest BCUT2D eigenvalue weighted by molar-refractivity contribution is 0.361. The van der Waals surface area contributed by atoms with Gasteiger partial charge >= 0.3 is 0 Å². The highest BCUT2D eigenvalue weighted by Gasteiger charge is 2.67. The molecule has 0 aromatic heterocycles. The second kappa shape index (κ2) is 3.80. The van der Waals surface area contributed by atoms with E-state index in [0.29, 0.717) is 5.41 Å². The Balaban J connectivity index is 1.54. The van der Waals surface area contributed by atoms with Gasteiger partial charge in [-0.3, -0.25) is 0 Å². The largest absolute Gasteiger partial charge is 0.149 e. The number of rotatable bonds is 1. The van der Waals surface area contributed by atoms with Crippen molar-refractivity contribution >= 4 is 6.71 Å². The Morgan fingerprint density at radius 3 is 1.94 bits per heavy atom. The summed E-state index contributed by atoms with van der Waals surface area (Å²) in [5, 5.41) is 0. The lowest BCUT2D eigenvalue weighted by Gasteiger charge is -2.45. The van der Waals surface area contributed by atoms with Crippen LogP contribution in [0.5, 0.6) is 0 Å². The zero-order valence-corrected chi connectivity index (χ0v) is 12.5. The van der Waals surface area contributed by atoms with Crippen LogP contribution >= 0.6 is 0 Å². The van der Waals surface area contributed by atoms with E-state index in [1.165, 1.54) is 0 Å². The molecule has 2 saturated heterocycles. The summed E-state index contributed by atoms with van der Waals surface area (Å²) in [5.74, 6) is 6.60. The topological polar surface area (TPSA) is 0 Å². The first-order valence-corrected chi connectivity index (χ1v) is 8.60. The predicted molar refractivity (Wildman–Crippen MR) is 79.2 cm³/mol. The van der Waals surface area contributed by atoms with E-state index < -0.39 is 0 Å². The molecule has 0 unspecified atom stereocenters. The van der Waals surface area contributed by atoms with E-state index in [1.807, 2.05) is 0 Å². The van der Waals surface area contributed by atoms with Gasteiger partial charge in [0.1, 0.15) is 6.71 Å². The first-order chi connectivity index (χ1) is 8.60. The second-order valence-electron chi connectivity index (χ2n) is 8.67. The summed E-state index contributed by atoms with van der Waals surface area (Å²) in [7, 11) is 0. The normalized spacial score (nSPS) is 53.2. The molecule has 0 aromatic rings. The summed E-state index contributed by atoms with van der Waals surface area (Å²) in [4.78, 5) is 0. The number of fused-ring (bicyclic) bond motifs is 3. The summed E-state index contributed by atoms with van der Waals surface area (Å²) < 4.78 is 0. The molecule has 4 atom stereocenters. The maximum absolute atomic E-state index is 2.61.